The van der Waals surface area contributed by atoms with Gasteiger partial charge in [0.1, 0.15) is 8.64 Å². The number of rotatable bonds is 3. The average molecular weight is 607 g/mol. The van der Waals surface area contributed by atoms with Gasteiger partial charge in [-0.3, -0.25) is 0 Å². The van der Waals surface area contributed by atoms with E-state index in [0.29, 0.717) is 0 Å². The standard InChI is InChI=1S/C6H12N2S4.3C6H5.H2O.Sn/c1-7(2)5(9)11-12-6(10)8(3)4;3*1-2-4-6-5-3-1;;/h1-4H3;3*1-5H;1H2;/q;;;;;+1/p-1. The molecule has 0 bridgehead atoms. The second-order valence-electron chi connectivity index (χ2n) is 7.30. The Hall–Kier alpha value is -1.10. The molecule has 0 aromatic heterocycles. The van der Waals surface area contributed by atoms with Gasteiger partial charge in [0.2, 0.25) is 0 Å². The van der Waals surface area contributed by atoms with Crippen LogP contribution in [0, 0.1) is 0 Å². The van der Waals surface area contributed by atoms with Crippen molar-refractivity contribution < 1.29 is 3.44 Å². The summed E-state index contributed by atoms with van der Waals surface area (Å²) in [6.45, 7) is 0. The molecule has 0 atom stereocenters. The molecule has 0 saturated heterocycles. The number of hydrogen-bond donors (Lipinski definition) is 1. The Morgan fingerprint density at radius 3 is 1.06 bits per heavy atom. The monoisotopic (exact) mass is 608 g/mol. The first-order valence-corrected chi connectivity index (χ1v) is 18.4. The normalized spacial score (nSPS) is 10.5. The Morgan fingerprint density at radius 2 is 0.844 bits per heavy atom. The maximum atomic E-state index is 11.6. The van der Waals surface area contributed by atoms with Crippen molar-refractivity contribution in [2.24, 2.45) is 0 Å². The molecule has 3 aromatic carbocycles. The molecule has 0 unspecified atom stereocenters. The first kappa shape index (κ1) is 27.1. The molecule has 1 N–H and O–H groups in total. The fourth-order valence-corrected chi connectivity index (χ4v) is 13.8. The van der Waals surface area contributed by atoms with Gasteiger partial charge in [0, 0.05) is 28.2 Å². The van der Waals surface area contributed by atoms with Gasteiger partial charge >= 0.3 is 124 Å². The van der Waals surface area contributed by atoms with E-state index < -0.39 is 18.8 Å². The second-order valence-corrected chi connectivity index (χ2v) is 19.7. The van der Waals surface area contributed by atoms with E-state index in [1.54, 1.807) is 0 Å². The third-order valence-electron chi connectivity index (χ3n) is 4.49. The van der Waals surface area contributed by atoms with Gasteiger partial charge in [-0.05, 0) is 21.6 Å². The van der Waals surface area contributed by atoms with Crippen molar-refractivity contribution in [3.8, 4) is 0 Å². The van der Waals surface area contributed by atoms with Crippen LogP contribution < -0.4 is 10.7 Å². The summed E-state index contributed by atoms with van der Waals surface area (Å²) in [5, 5.41) is 0. The van der Waals surface area contributed by atoms with Crippen molar-refractivity contribution in [1.29, 1.82) is 0 Å². The molecular formula is C24H28N2OS4Sn. The topological polar surface area (TPSA) is 26.7 Å². The Morgan fingerprint density at radius 1 is 0.594 bits per heavy atom. The van der Waals surface area contributed by atoms with Crippen LogP contribution in [0.2, 0.25) is 0 Å². The predicted molar refractivity (Wildman–Crippen MR) is 154 cm³/mol. The predicted octanol–water partition coefficient (Wildman–Crippen LogP) is 3.71. The van der Waals surface area contributed by atoms with Crippen molar-refractivity contribution in [2.75, 3.05) is 28.2 Å². The van der Waals surface area contributed by atoms with Crippen molar-refractivity contribution in [3.05, 3.63) is 91.0 Å². The summed E-state index contributed by atoms with van der Waals surface area (Å²) in [6, 6.07) is 30.3. The van der Waals surface area contributed by atoms with Crippen LogP contribution in [0.5, 0.6) is 0 Å². The minimum absolute atomic E-state index is 0.837. The molecule has 0 spiro atoms. The van der Waals surface area contributed by atoms with Gasteiger partial charge in [-0.15, -0.1) is 0 Å². The van der Waals surface area contributed by atoms with Crippen molar-refractivity contribution >= 4 is 84.2 Å². The Balaban J connectivity index is 0.000000262. The molecule has 0 aliphatic rings. The molecule has 0 amide bonds. The molecule has 32 heavy (non-hydrogen) atoms. The SMILES string of the molecule is CN(C)C(=S)SSC(=S)N(C)C.[OH][Sn]([c]1ccccc1)([c]1ccccc1)[c]1ccccc1. The first-order chi connectivity index (χ1) is 15.3. The van der Waals surface area contributed by atoms with Crippen LogP contribution in [0.3, 0.4) is 0 Å². The van der Waals surface area contributed by atoms with Gasteiger partial charge in [-0.1, -0.05) is 24.4 Å². The summed E-state index contributed by atoms with van der Waals surface area (Å²) in [4.78, 5) is 3.79. The number of hydrogen-bond acceptors (Lipinski definition) is 5. The second kappa shape index (κ2) is 13.6. The number of thiocarbonyl (C=S) groups is 2. The molecule has 0 aliphatic carbocycles. The van der Waals surface area contributed by atoms with E-state index in [0.717, 1.165) is 19.4 Å². The summed E-state index contributed by atoms with van der Waals surface area (Å²) >= 11 is 6.37. The van der Waals surface area contributed by atoms with Crippen LogP contribution in [0.25, 0.3) is 0 Å². The zero-order valence-corrected chi connectivity index (χ0v) is 24.8. The van der Waals surface area contributed by atoms with Crippen LogP contribution >= 0.6 is 46.0 Å². The quantitative estimate of drug-likeness (QED) is 0.276. The zero-order valence-electron chi connectivity index (χ0n) is 18.6. The molecule has 3 rings (SSSR count). The van der Waals surface area contributed by atoms with Crippen LogP contribution in [0.1, 0.15) is 0 Å². The summed E-state index contributed by atoms with van der Waals surface area (Å²) in [5.74, 6) is 0. The van der Waals surface area contributed by atoms with Crippen molar-refractivity contribution in [2.45, 2.75) is 0 Å². The summed E-state index contributed by atoms with van der Waals surface area (Å²) in [5.41, 5.74) is 0. The zero-order chi connectivity index (χ0) is 23.6. The van der Waals surface area contributed by atoms with E-state index in [1.165, 1.54) is 21.6 Å². The minimum atomic E-state index is -3.78. The molecule has 0 aliphatic heterocycles. The average Bonchev–Trinajstić information content (AvgIpc) is 2.83. The molecule has 168 valence electrons. The Bertz CT molecular complexity index is 870. The van der Waals surface area contributed by atoms with Gasteiger partial charge in [0.25, 0.3) is 0 Å². The van der Waals surface area contributed by atoms with Crippen molar-refractivity contribution in [1.82, 2.24) is 9.80 Å². The molecule has 0 heterocycles. The van der Waals surface area contributed by atoms with E-state index in [9.17, 15) is 3.44 Å². The fraction of sp³-hybridized carbons (Fsp3) is 0.167. The molecular weight excluding hydrogens is 579 g/mol. The molecule has 3 aromatic rings. The van der Waals surface area contributed by atoms with Gasteiger partial charge in [0.15, 0.2) is 0 Å². The Kier molecular flexibility index (Phi) is 11.5. The summed E-state index contributed by atoms with van der Waals surface area (Å²) in [7, 11) is 10.7. The van der Waals surface area contributed by atoms with Crippen LogP contribution in [-0.4, -0.2) is 68.9 Å². The van der Waals surface area contributed by atoms with E-state index in [1.807, 2.05) is 92.6 Å². The molecule has 0 fully saturated rings. The van der Waals surface area contributed by atoms with E-state index >= 15 is 0 Å². The summed E-state index contributed by atoms with van der Waals surface area (Å²) in [6.07, 6.45) is 0. The molecule has 0 saturated carbocycles. The Labute approximate surface area is 215 Å². The van der Waals surface area contributed by atoms with E-state index in [4.69, 9.17) is 24.4 Å². The first-order valence-electron chi connectivity index (χ1n) is 9.92. The van der Waals surface area contributed by atoms with Crippen LogP contribution in [-0.2, 0) is 0 Å². The van der Waals surface area contributed by atoms with Gasteiger partial charge < -0.3 is 9.80 Å². The fourth-order valence-electron chi connectivity index (χ4n) is 2.76. The van der Waals surface area contributed by atoms with Gasteiger partial charge in [-0.25, -0.2) is 0 Å². The van der Waals surface area contributed by atoms with E-state index in [-0.39, 0.29) is 0 Å². The molecule has 8 heteroatoms. The van der Waals surface area contributed by atoms with Crippen molar-refractivity contribution in [3.63, 3.8) is 0 Å². The third kappa shape index (κ3) is 7.74. The third-order valence-corrected chi connectivity index (χ3v) is 18.7. The molecule has 3 nitrogen and oxygen atoms in total. The van der Waals surface area contributed by atoms with Gasteiger partial charge in [0.05, 0.1) is 0 Å². The van der Waals surface area contributed by atoms with E-state index in [2.05, 4.69) is 36.4 Å². The summed E-state index contributed by atoms with van der Waals surface area (Å²) < 4.78 is 16.6. The van der Waals surface area contributed by atoms with Crippen LogP contribution in [0.15, 0.2) is 91.0 Å². The number of benzene rings is 3. The maximum absolute atomic E-state index is 11.6. The van der Waals surface area contributed by atoms with Crippen LogP contribution in [0.4, 0.5) is 0 Å². The number of nitrogens with zero attached hydrogens (tertiary/aromatic N) is 2. The molecule has 0 radical (unpaired) electrons. The van der Waals surface area contributed by atoms with Gasteiger partial charge in [-0.2, -0.15) is 0 Å².